The minimum Gasteiger partial charge on any atom is -0.497 e. The normalized spacial score (nSPS) is 12.2. The van der Waals surface area contributed by atoms with E-state index >= 15 is 0 Å². The standard InChI is InChI=1S/C27H48O3/c1-3-4-5-6-7-9-12-15-25(16-13-10-8-11-14-22-28)21-23-30-24-26-17-19-27(29-2)20-18-26/h17-20,25,28H,3-16,21-24H2,1-2H3. The van der Waals surface area contributed by atoms with Crippen molar-refractivity contribution in [1.82, 2.24) is 0 Å². The van der Waals surface area contributed by atoms with Gasteiger partial charge in [-0.1, -0.05) is 103 Å². The van der Waals surface area contributed by atoms with Crippen molar-refractivity contribution >= 4 is 0 Å². The summed E-state index contributed by atoms with van der Waals surface area (Å²) in [6.07, 6.45) is 19.6. The van der Waals surface area contributed by atoms with Gasteiger partial charge in [0.2, 0.25) is 0 Å². The van der Waals surface area contributed by atoms with E-state index in [2.05, 4.69) is 19.1 Å². The average molecular weight is 421 g/mol. The first-order chi connectivity index (χ1) is 14.8. The Kier molecular flexibility index (Phi) is 17.9. The number of hydrogen-bond donors (Lipinski definition) is 1. The van der Waals surface area contributed by atoms with Crippen LogP contribution in [0.3, 0.4) is 0 Å². The highest BCUT2D eigenvalue weighted by Crippen LogP contribution is 2.22. The van der Waals surface area contributed by atoms with Gasteiger partial charge in [-0.25, -0.2) is 0 Å². The fourth-order valence-electron chi connectivity index (χ4n) is 4.06. The van der Waals surface area contributed by atoms with Crippen molar-refractivity contribution in [3.63, 3.8) is 0 Å². The van der Waals surface area contributed by atoms with Crippen molar-refractivity contribution in [2.24, 2.45) is 5.92 Å². The van der Waals surface area contributed by atoms with Gasteiger partial charge in [0.25, 0.3) is 0 Å². The topological polar surface area (TPSA) is 38.7 Å². The zero-order valence-electron chi connectivity index (χ0n) is 19.9. The number of ether oxygens (including phenoxy) is 2. The van der Waals surface area contributed by atoms with Crippen LogP contribution in [0.4, 0.5) is 0 Å². The molecule has 0 aromatic heterocycles. The lowest BCUT2D eigenvalue weighted by Crippen LogP contribution is -2.06. The fourth-order valence-corrected chi connectivity index (χ4v) is 4.06. The van der Waals surface area contributed by atoms with Crippen molar-refractivity contribution in [3.05, 3.63) is 29.8 Å². The van der Waals surface area contributed by atoms with Crippen LogP contribution in [0.5, 0.6) is 5.75 Å². The van der Waals surface area contributed by atoms with Gasteiger partial charge in [-0.3, -0.25) is 0 Å². The summed E-state index contributed by atoms with van der Waals surface area (Å²) in [7, 11) is 1.70. The average Bonchev–Trinajstić information content (AvgIpc) is 2.78. The molecule has 0 bridgehead atoms. The lowest BCUT2D eigenvalue weighted by molar-refractivity contribution is 0.104. The molecule has 1 rings (SSSR count). The molecule has 0 spiro atoms. The fraction of sp³-hybridized carbons (Fsp3) is 0.778. The third kappa shape index (κ3) is 14.8. The minimum atomic E-state index is 0.340. The Morgan fingerprint density at radius 3 is 1.87 bits per heavy atom. The van der Waals surface area contributed by atoms with Crippen LogP contribution in [-0.4, -0.2) is 25.4 Å². The second-order valence-corrected chi connectivity index (χ2v) is 8.75. The molecule has 1 N–H and O–H groups in total. The molecular formula is C27H48O3. The van der Waals surface area contributed by atoms with Gasteiger partial charge < -0.3 is 14.6 Å². The molecule has 0 saturated carbocycles. The summed E-state index contributed by atoms with van der Waals surface area (Å²) in [5, 5.41) is 8.91. The maximum absolute atomic E-state index is 8.91. The van der Waals surface area contributed by atoms with Crippen LogP contribution in [-0.2, 0) is 11.3 Å². The van der Waals surface area contributed by atoms with Crippen molar-refractivity contribution in [3.8, 4) is 5.75 Å². The van der Waals surface area contributed by atoms with Gasteiger partial charge in [0.1, 0.15) is 5.75 Å². The first kappa shape index (κ1) is 27.0. The summed E-state index contributed by atoms with van der Waals surface area (Å²) in [5.74, 6) is 1.70. The Balaban J connectivity index is 2.22. The quantitative estimate of drug-likeness (QED) is 0.207. The smallest absolute Gasteiger partial charge is 0.118 e. The third-order valence-electron chi connectivity index (χ3n) is 6.08. The Hall–Kier alpha value is -1.06. The Bertz CT molecular complexity index is 472. The zero-order valence-corrected chi connectivity index (χ0v) is 19.9. The number of benzene rings is 1. The lowest BCUT2D eigenvalue weighted by atomic mass is 9.92. The maximum Gasteiger partial charge on any atom is 0.118 e. The first-order valence-corrected chi connectivity index (χ1v) is 12.6. The third-order valence-corrected chi connectivity index (χ3v) is 6.08. The van der Waals surface area contributed by atoms with Gasteiger partial charge in [0.05, 0.1) is 13.7 Å². The van der Waals surface area contributed by atoms with E-state index in [1.165, 1.54) is 95.5 Å². The van der Waals surface area contributed by atoms with E-state index in [1.54, 1.807) is 7.11 Å². The highest BCUT2D eigenvalue weighted by molar-refractivity contribution is 5.26. The van der Waals surface area contributed by atoms with Crippen molar-refractivity contribution in [2.45, 2.75) is 110 Å². The molecule has 0 amide bonds. The van der Waals surface area contributed by atoms with E-state index in [-0.39, 0.29) is 0 Å². The number of rotatable bonds is 21. The predicted octanol–water partition coefficient (Wildman–Crippen LogP) is 7.69. The predicted molar refractivity (Wildman–Crippen MR) is 128 cm³/mol. The number of methoxy groups -OCH3 is 1. The van der Waals surface area contributed by atoms with E-state index in [4.69, 9.17) is 14.6 Å². The Labute approximate surface area is 186 Å². The largest absolute Gasteiger partial charge is 0.497 e. The second-order valence-electron chi connectivity index (χ2n) is 8.75. The summed E-state index contributed by atoms with van der Waals surface area (Å²) in [6.45, 7) is 4.17. The number of unbranched alkanes of at least 4 members (excludes halogenated alkanes) is 10. The van der Waals surface area contributed by atoms with Crippen molar-refractivity contribution in [1.29, 1.82) is 0 Å². The zero-order chi connectivity index (χ0) is 21.7. The highest BCUT2D eigenvalue weighted by Gasteiger charge is 2.09. The second kappa shape index (κ2) is 19.9. The number of hydrogen-bond acceptors (Lipinski definition) is 3. The summed E-state index contributed by atoms with van der Waals surface area (Å²) in [6, 6.07) is 8.17. The van der Waals surface area contributed by atoms with Crippen LogP contribution in [0.2, 0.25) is 0 Å². The summed E-state index contributed by atoms with van der Waals surface area (Å²) in [5.41, 5.74) is 1.21. The molecule has 3 heteroatoms. The summed E-state index contributed by atoms with van der Waals surface area (Å²) >= 11 is 0. The Morgan fingerprint density at radius 1 is 0.733 bits per heavy atom. The van der Waals surface area contributed by atoms with Gasteiger partial charge in [0, 0.05) is 13.2 Å². The molecule has 0 radical (unpaired) electrons. The molecule has 30 heavy (non-hydrogen) atoms. The summed E-state index contributed by atoms with van der Waals surface area (Å²) < 4.78 is 11.2. The maximum atomic E-state index is 8.91. The molecule has 0 fully saturated rings. The molecule has 0 heterocycles. The van der Waals surface area contributed by atoms with Gasteiger partial charge in [-0.2, -0.15) is 0 Å². The van der Waals surface area contributed by atoms with Crippen LogP contribution in [0.1, 0.15) is 109 Å². The molecule has 0 aliphatic rings. The van der Waals surface area contributed by atoms with E-state index in [0.717, 1.165) is 24.7 Å². The van der Waals surface area contributed by atoms with Crippen molar-refractivity contribution < 1.29 is 14.6 Å². The van der Waals surface area contributed by atoms with Crippen LogP contribution >= 0.6 is 0 Å². The SMILES string of the molecule is CCCCCCCCCC(CCCCCCCO)CCOCc1ccc(OC)cc1. The van der Waals surface area contributed by atoms with E-state index in [1.807, 2.05) is 12.1 Å². The molecule has 1 atom stereocenters. The molecular weight excluding hydrogens is 372 g/mol. The molecule has 1 unspecified atom stereocenters. The van der Waals surface area contributed by atoms with E-state index < -0.39 is 0 Å². The van der Waals surface area contributed by atoms with Crippen molar-refractivity contribution in [2.75, 3.05) is 20.3 Å². The van der Waals surface area contributed by atoms with Crippen LogP contribution in [0.25, 0.3) is 0 Å². The summed E-state index contributed by atoms with van der Waals surface area (Å²) in [4.78, 5) is 0. The monoisotopic (exact) mass is 420 g/mol. The van der Waals surface area contributed by atoms with E-state index in [9.17, 15) is 0 Å². The lowest BCUT2D eigenvalue weighted by Gasteiger charge is -2.17. The van der Waals surface area contributed by atoms with E-state index in [0.29, 0.717) is 13.2 Å². The molecule has 0 aliphatic heterocycles. The van der Waals surface area contributed by atoms with Crippen LogP contribution in [0.15, 0.2) is 24.3 Å². The van der Waals surface area contributed by atoms with Gasteiger partial charge in [-0.05, 0) is 36.5 Å². The minimum absolute atomic E-state index is 0.340. The molecule has 1 aromatic rings. The van der Waals surface area contributed by atoms with Crippen LogP contribution in [0, 0.1) is 5.92 Å². The van der Waals surface area contributed by atoms with Crippen LogP contribution < -0.4 is 4.74 Å². The Morgan fingerprint density at radius 2 is 1.30 bits per heavy atom. The molecule has 0 aliphatic carbocycles. The van der Waals surface area contributed by atoms with Gasteiger partial charge >= 0.3 is 0 Å². The molecule has 1 aromatic carbocycles. The first-order valence-electron chi connectivity index (χ1n) is 12.6. The molecule has 3 nitrogen and oxygen atoms in total. The highest BCUT2D eigenvalue weighted by atomic mass is 16.5. The van der Waals surface area contributed by atoms with Gasteiger partial charge in [0.15, 0.2) is 0 Å². The number of aliphatic hydroxyl groups excluding tert-OH is 1. The van der Waals surface area contributed by atoms with Gasteiger partial charge in [-0.15, -0.1) is 0 Å². The number of aliphatic hydroxyl groups is 1. The molecule has 174 valence electrons. The molecule has 0 saturated heterocycles.